The van der Waals surface area contributed by atoms with Gasteiger partial charge in [-0.1, -0.05) is 102 Å². The number of nitrogens with two attached hydrogens (primary N) is 1. The van der Waals surface area contributed by atoms with Crippen LogP contribution in [0, 0.1) is 76.4 Å². The van der Waals surface area contributed by atoms with Crippen molar-refractivity contribution in [1.29, 1.82) is 0 Å². The molecule has 0 saturated heterocycles. The van der Waals surface area contributed by atoms with Crippen molar-refractivity contribution in [3.63, 3.8) is 0 Å². The third-order valence-electron chi connectivity index (χ3n) is 18.3. The molecule has 0 aromatic heterocycles. The Morgan fingerprint density at radius 1 is 0.727 bits per heavy atom. The number of fused-ring (bicyclic) bond motifs is 5. The summed E-state index contributed by atoms with van der Waals surface area (Å²) in [6, 6.07) is 10.6. The van der Waals surface area contributed by atoms with Crippen LogP contribution in [0.15, 0.2) is 24.3 Å². The van der Waals surface area contributed by atoms with E-state index in [0.717, 1.165) is 76.9 Å². The summed E-state index contributed by atoms with van der Waals surface area (Å²) in [4.78, 5) is 0. The second-order valence-corrected chi connectivity index (χ2v) is 19.3. The third kappa shape index (κ3) is 3.43. The summed E-state index contributed by atoms with van der Waals surface area (Å²) in [5, 5.41) is 0. The molecule has 6 bridgehead atoms. The first-order valence-corrected chi connectivity index (χ1v) is 20.4. The van der Waals surface area contributed by atoms with E-state index in [-0.39, 0.29) is 5.54 Å². The summed E-state index contributed by atoms with van der Waals surface area (Å²) in [5.41, 5.74) is 12.9. The van der Waals surface area contributed by atoms with Gasteiger partial charge in [-0.3, -0.25) is 0 Å². The lowest BCUT2D eigenvalue weighted by Crippen LogP contribution is -2.62. The van der Waals surface area contributed by atoms with E-state index in [4.69, 9.17) is 5.73 Å². The lowest BCUT2D eigenvalue weighted by Gasteiger charge is -2.57. The molecule has 1 aromatic rings. The van der Waals surface area contributed by atoms with Crippen molar-refractivity contribution in [2.75, 3.05) is 0 Å². The second-order valence-electron chi connectivity index (χ2n) is 19.3. The van der Waals surface area contributed by atoms with Crippen molar-refractivity contribution in [3.05, 3.63) is 35.4 Å². The van der Waals surface area contributed by atoms with Crippen LogP contribution in [0.4, 0.5) is 0 Å². The fraction of sp³-hybridized carbons (Fsp3) is 0.860. The van der Waals surface area contributed by atoms with E-state index in [1.165, 1.54) is 96.3 Å². The quantitative estimate of drug-likeness (QED) is 0.344. The van der Waals surface area contributed by atoms with Gasteiger partial charge in [0.15, 0.2) is 0 Å². The maximum Gasteiger partial charge on any atom is 0.0196 e. The monoisotopic (exact) mass is 593 g/mol. The fourth-order valence-corrected chi connectivity index (χ4v) is 17.3. The average molecular weight is 594 g/mol. The van der Waals surface area contributed by atoms with Crippen molar-refractivity contribution in [1.82, 2.24) is 0 Å². The second kappa shape index (κ2) is 9.86. The van der Waals surface area contributed by atoms with Crippen LogP contribution in [0.3, 0.4) is 0 Å². The van der Waals surface area contributed by atoms with Gasteiger partial charge in [0.1, 0.15) is 0 Å². The molecule has 2 N–H and O–H groups in total. The van der Waals surface area contributed by atoms with Crippen molar-refractivity contribution in [3.8, 4) is 0 Å². The lowest BCUT2D eigenvalue weighted by molar-refractivity contribution is -0.0304. The molecular weight excluding hydrogens is 530 g/mol. The minimum absolute atomic E-state index is 0.0865. The largest absolute Gasteiger partial charge is 0.325 e. The van der Waals surface area contributed by atoms with Gasteiger partial charge in [0.25, 0.3) is 0 Å². The molecule has 8 fully saturated rings. The van der Waals surface area contributed by atoms with Crippen LogP contribution in [-0.2, 0) is 5.41 Å². The normalized spacial score (nSPS) is 56.8. The minimum Gasteiger partial charge on any atom is -0.325 e. The highest BCUT2D eigenvalue weighted by molar-refractivity contribution is 5.48. The maximum absolute atomic E-state index is 8.02. The summed E-state index contributed by atoms with van der Waals surface area (Å²) in [6.07, 6.45) is 28.4. The van der Waals surface area contributed by atoms with Gasteiger partial charge in [-0.15, -0.1) is 0 Å². The summed E-state index contributed by atoms with van der Waals surface area (Å²) < 4.78 is 0. The van der Waals surface area contributed by atoms with Gasteiger partial charge in [-0.2, -0.15) is 0 Å². The molecule has 10 aliphatic rings. The van der Waals surface area contributed by atoms with Crippen molar-refractivity contribution >= 4 is 0 Å². The molecule has 1 nitrogen and oxygen atoms in total. The zero-order valence-corrected chi connectivity index (χ0v) is 28.3. The van der Waals surface area contributed by atoms with E-state index < -0.39 is 0 Å². The van der Waals surface area contributed by atoms with Crippen LogP contribution in [-0.4, -0.2) is 5.54 Å². The first-order chi connectivity index (χ1) is 21.5. The topological polar surface area (TPSA) is 26.0 Å². The molecule has 240 valence electrons. The first kappa shape index (κ1) is 28.2. The van der Waals surface area contributed by atoms with Gasteiger partial charge in [-0.25, -0.2) is 0 Å². The van der Waals surface area contributed by atoms with E-state index >= 15 is 0 Å². The highest BCUT2D eigenvalue weighted by Crippen LogP contribution is 2.82. The van der Waals surface area contributed by atoms with E-state index in [1.807, 2.05) is 11.1 Å². The van der Waals surface area contributed by atoms with E-state index in [2.05, 4.69) is 38.1 Å². The molecule has 1 spiro atoms. The summed E-state index contributed by atoms with van der Waals surface area (Å²) in [7, 11) is 0. The highest BCUT2D eigenvalue weighted by atomic mass is 14.9. The standard InChI is InChI=1S/C43H63N/c1-3-26-18-20-31-30-13-4-7-17-35-39(30)43-34-16-6-5-14-32(34)37-29(28-12-8-9-22-41(35,2)36(43)23-28)15-10-11-27-24-42(44,25-27)40(37)33(21-19-26)38(31)43/h5-6,14,16,26-31,33,35-40H,3-4,7-13,15,17-25,44H2,1-2H3. The van der Waals surface area contributed by atoms with Gasteiger partial charge in [0.05, 0.1) is 0 Å². The maximum atomic E-state index is 8.02. The van der Waals surface area contributed by atoms with Crippen LogP contribution < -0.4 is 5.73 Å². The molecule has 10 aliphatic carbocycles. The molecule has 0 radical (unpaired) electrons. The number of rotatable bonds is 1. The smallest absolute Gasteiger partial charge is 0.0196 e. The Balaban J connectivity index is 1.32. The Kier molecular flexibility index (Phi) is 6.32. The molecular formula is C43H63N. The van der Waals surface area contributed by atoms with Gasteiger partial charge >= 0.3 is 0 Å². The predicted octanol–water partition coefficient (Wildman–Crippen LogP) is 10.7. The zero-order chi connectivity index (χ0) is 29.4. The van der Waals surface area contributed by atoms with E-state index in [9.17, 15) is 0 Å². The Morgan fingerprint density at radius 2 is 1.48 bits per heavy atom. The predicted molar refractivity (Wildman–Crippen MR) is 181 cm³/mol. The number of benzene rings is 1. The zero-order valence-electron chi connectivity index (χ0n) is 28.3. The minimum atomic E-state index is 0.0865. The molecule has 1 aromatic carbocycles. The molecule has 8 saturated carbocycles. The molecule has 14 atom stereocenters. The average Bonchev–Trinajstić information content (AvgIpc) is 3.21. The Morgan fingerprint density at radius 3 is 2.34 bits per heavy atom. The van der Waals surface area contributed by atoms with Gasteiger partial charge in [0, 0.05) is 11.0 Å². The summed E-state index contributed by atoms with van der Waals surface area (Å²) >= 11 is 0. The molecule has 11 rings (SSSR count). The Hall–Kier alpha value is -0.820. The van der Waals surface area contributed by atoms with Crippen LogP contribution in [0.1, 0.15) is 153 Å². The molecule has 44 heavy (non-hydrogen) atoms. The Bertz CT molecular complexity index is 1280. The summed E-state index contributed by atoms with van der Waals surface area (Å²) in [5.74, 6) is 11.6. The molecule has 0 aliphatic heterocycles. The van der Waals surface area contributed by atoms with Crippen LogP contribution in [0.5, 0.6) is 0 Å². The SMILES string of the molecule is CCC1CCC2C3CCCCC4C3C35c6ccccc6C6C(CCCC7CC(N)(C7)C6C(CC1)C23)C1CCCCC4(C)C5C1. The molecule has 0 heterocycles. The number of hydrogen-bond donors (Lipinski definition) is 1. The van der Waals surface area contributed by atoms with Crippen LogP contribution in [0.25, 0.3) is 0 Å². The lowest BCUT2D eigenvalue weighted by atomic mass is 9.50. The van der Waals surface area contributed by atoms with Crippen molar-refractivity contribution < 1.29 is 0 Å². The fourth-order valence-electron chi connectivity index (χ4n) is 17.3. The van der Waals surface area contributed by atoms with Crippen LogP contribution in [0.2, 0.25) is 0 Å². The molecule has 1 heteroatoms. The highest BCUT2D eigenvalue weighted by Gasteiger charge is 2.78. The Labute approximate surface area is 269 Å². The number of hydrogen-bond acceptors (Lipinski definition) is 1. The van der Waals surface area contributed by atoms with Crippen LogP contribution >= 0.6 is 0 Å². The van der Waals surface area contributed by atoms with Gasteiger partial charge in [0.2, 0.25) is 0 Å². The van der Waals surface area contributed by atoms with E-state index in [0.29, 0.717) is 10.8 Å². The van der Waals surface area contributed by atoms with Gasteiger partial charge in [-0.05, 0) is 151 Å². The van der Waals surface area contributed by atoms with E-state index in [1.54, 1.807) is 25.7 Å². The van der Waals surface area contributed by atoms with Gasteiger partial charge < -0.3 is 5.73 Å². The molecule has 0 amide bonds. The summed E-state index contributed by atoms with van der Waals surface area (Å²) in [6.45, 7) is 5.44. The van der Waals surface area contributed by atoms with Crippen molar-refractivity contribution in [2.24, 2.45) is 82.2 Å². The van der Waals surface area contributed by atoms with Crippen molar-refractivity contribution in [2.45, 2.75) is 153 Å². The third-order valence-corrected chi connectivity index (χ3v) is 18.3. The first-order valence-electron chi connectivity index (χ1n) is 20.4. The molecule has 14 unspecified atom stereocenters.